The highest BCUT2D eigenvalue weighted by Crippen LogP contribution is 2.16. The molecule has 0 aromatic heterocycles. The molecule has 0 heterocycles. The van der Waals surface area contributed by atoms with Gasteiger partial charge in [0.15, 0.2) is 0 Å². The van der Waals surface area contributed by atoms with Crippen molar-refractivity contribution in [1.82, 2.24) is 0 Å². The van der Waals surface area contributed by atoms with E-state index in [1.165, 1.54) is 0 Å². The summed E-state index contributed by atoms with van der Waals surface area (Å²) in [5.74, 6) is 0.768. The summed E-state index contributed by atoms with van der Waals surface area (Å²) >= 11 is 0. The Morgan fingerprint density at radius 2 is 1.29 bits per heavy atom. The van der Waals surface area contributed by atoms with E-state index in [0.29, 0.717) is 0 Å². The van der Waals surface area contributed by atoms with Crippen LogP contribution in [-0.2, 0) is 8.85 Å². The highest BCUT2D eigenvalue weighted by molar-refractivity contribution is 6.71. The molecule has 0 rings (SSSR count). The minimum atomic E-state index is -1.52. The van der Waals surface area contributed by atoms with Crippen LogP contribution < -0.4 is 0 Å². The third-order valence-corrected chi connectivity index (χ3v) is 3.23. The van der Waals surface area contributed by atoms with Crippen molar-refractivity contribution in [1.29, 1.82) is 0 Å². The molecule has 14 heavy (non-hydrogen) atoms. The third-order valence-electron chi connectivity index (χ3n) is 1.08. The predicted octanol–water partition coefficient (Wildman–Crippen LogP) is 3.24. The van der Waals surface area contributed by atoms with Gasteiger partial charge in [-0.1, -0.05) is 6.55 Å². The van der Waals surface area contributed by atoms with Gasteiger partial charge in [0.1, 0.15) is 0 Å². The fourth-order valence-corrected chi connectivity index (χ4v) is 2.88. The minimum absolute atomic E-state index is 0.742. The van der Waals surface area contributed by atoms with E-state index in [9.17, 15) is 0 Å². The van der Waals surface area contributed by atoms with E-state index in [4.69, 9.17) is 8.85 Å². The van der Waals surface area contributed by atoms with Gasteiger partial charge in [0, 0.05) is 0 Å². The van der Waals surface area contributed by atoms with Crippen molar-refractivity contribution in [2.45, 2.75) is 45.8 Å². The molecular formula is C9H22O2Si3. The van der Waals surface area contributed by atoms with Gasteiger partial charge in [0.25, 0.3) is 0 Å². The van der Waals surface area contributed by atoms with Crippen LogP contribution in [0.15, 0.2) is 11.6 Å². The molecule has 0 aliphatic carbocycles. The van der Waals surface area contributed by atoms with E-state index >= 15 is 0 Å². The molecule has 0 bridgehead atoms. The van der Waals surface area contributed by atoms with Crippen molar-refractivity contribution in [2.24, 2.45) is 0 Å². The van der Waals surface area contributed by atoms with Gasteiger partial charge in [-0.05, 0) is 45.0 Å². The molecule has 0 N–H and O–H groups in total. The summed E-state index contributed by atoms with van der Waals surface area (Å²) in [7, 11) is -2.31. The molecule has 0 spiro atoms. The second kappa shape index (κ2) is 5.18. The average Bonchev–Trinajstić information content (AvgIpc) is 1.78. The van der Waals surface area contributed by atoms with Crippen LogP contribution in [0.4, 0.5) is 0 Å². The minimum Gasteiger partial charge on any atom is -0.521 e. The Labute approximate surface area is 92.8 Å². The lowest BCUT2D eigenvalue weighted by Crippen LogP contribution is -2.31. The average molecular weight is 247 g/mol. The largest absolute Gasteiger partial charge is 0.521 e. The number of hydrogen-bond donors (Lipinski definition) is 0. The first kappa shape index (κ1) is 14.0. The van der Waals surface area contributed by atoms with Crippen LogP contribution in [0.5, 0.6) is 0 Å². The molecular weight excluding hydrogens is 224 g/mol. The molecule has 0 aliphatic heterocycles. The van der Waals surface area contributed by atoms with E-state index < -0.39 is 16.6 Å². The van der Waals surface area contributed by atoms with Crippen molar-refractivity contribution in [3.63, 3.8) is 0 Å². The van der Waals surface area contributed by atoms with E-state index in [0.717, 1.165) is 15.5 Å². The quantitative estimate of drug-likeness (QED) is 0.548. The molecule has 0 aromatic carbocycles. The lowest BCUT2D eigenvalue weighted by molar-refractivity contribution is 0.218. The molecule has 0 unspecified atom stereocenters. The standard InChI is InChI=1S/C9H22O2Si3/c1-12-8-9(10-13(2,3)4)11-14(5,6)7/h8H,1-7H3. The van der Waals surface area contributed by atoms with Crippen molar-refractivity contribution < 1.29 is 8.85 Å². The van der Waals surface area contributed by atoms with Gasteiger partial charge in [0.2, 0.25) is 22.6 Å². The molecule has 82 valence electrons. The summed E-state index contributed by atoms with van der Waals surface area (Å²) in [6.07, 6.45) is 0. The van der Waals surface area contributed by atoms with Crippen molar-refractivity contribution in [3.8, 4) is 0 Å². The Hall–Kier alpha value is -0.00935. The highest BCUT2D eigenvalue weighted by atomic mass is 28.4. The molecule has 0 saturated carbocycles. The Morgan fingerprint density at radius 3 is 1.50 bits per heavy atom. The van der Waals surface area contributed by atoms with Crippen LogP contribution in [0.3, 0.4) is 0 Å². The number of rotatable bonds is 5. The van der Waals surface area contributed by atoms with Gasteiger partial charge >= 0.3 is 0 Å². The molecule has 0 aromatic rings. The molecule has 0 saturated heterocycles. The summed E-state index contributed by atoms with van der Waals surface area (Å²) in [6, 6.07) is 0. The maximum Gasteiger partial charge on any atom is 0.246 e. The fraction of sp³-hybridized carbons (Fsp3) is 0.778. The zero-order chi connectivity index (χ0) is 11.4. The molecule has 2 radical (unpaired) electrons. The zero-order valence-electron chi connectivity index (χ0n) is 10.4. The Morgan fingerprint density at radius 1 is 0.929 bits per heavy atom. The van der Waals surface area contributed by atoms with Gasteiger partial charge in [-0.3, -0.25) is 0 Å². The van der Waals surface area contributed by atoms with Crippen LogP contribution in [0, 0.1) is 0 Å². The summed E-state index contributed by atoms with van der Waals surface area (Å²) in [5.41, 5.74) is 2.07. The fourth-order valence-electron chi connectivity index (χ4n) is 0.801. The monoisotopic (exact) mass is 246 g/mol. The lowest BCUT2D eigenvalue weighted by Gasteiger charge is -2.27. The lowest BCUT2D eigenvalue weighted by atomic mass is 11.0. The highest BCUT2D eigenvalue weighted by Gasteiger charge is 2.23. The maximum absolute atomic E-state index is 5.87. The van der Waals surface area contributed by atoms with Gasteiger partial charge in [-0.15, -0.1) is 0 Å². The van der Waals surface area contributed by atoms with E-state index in [1.54, 1.807) is 0 Å². The smallest absolute Gasteiger partial charge is 0.246 e. The Kier molecular flexibility index (Phi) is 5.18. The van der Waals surface area contributed by atoms with Gasteiger partial charge < -0.3 is 8.85 Å². The Balaban J connectivity index is 4.41. The van der Waals surface area contributed by atoms with Crippen LogP contribution in [0.1, 0.15) is 0 Å². The van der Waals surface area contributed by atoms with Crippen LogP contribution in [-0.4, -0.2) is 26.2 Å². The van der Waals surface area contributed by atoms with Crippen LogP contribution in [0.25, 0.3) is 0 Å². The molecule has 0 fully saturated rings. The molecule has 5 heteroatoms. The van der Waals surface area contributed by atoms with Crippen molar-refractivity contribution in [3.05, 3.63) is 11.6 Å². The summed E-state index contributed by atoms with van der Waals surface area (Å²) in [4.78, 5) is 0. The van der Waals surface area contributed by atoms with Crippen molar-refractivity contribution >= 4 is 26.2 Å². The second-order valence-corrected chi connectivity index (χ2v) is 14.9. The first-order chi connectivity index (χ1) is 6.14. The summed E-state index contributed by atoms with van der Waals surface area (Å²) < 4.78 is 11.7. The molecule has 2 nitrogen and oxygen atoms in total. The predicted molar refractivity (Wildman–Crippen MR) is 68.6 cm³/mol. The maximum atomic E-state index is 5.87. The second-order valence-electron chi connectivity index (χ2n) is 5.18. The van der Waals surface area contributed by atoms with Crippen LogP contribution in [0.2, 0.25) is 45.8 Å². The zero-order valence-corrected chi connectivity index (χ0v) is 13.4. The molecule has 0 atom stereocenters. The van der Waals surface area contributed by atoms with E-state index in [-0.39, 0.29) is 0 Å². The molecule has 0 amide bonds. The van der Waals surface area contributed by atoms with Gasteiger partial charge in [0.05, 0.1) is 9.52 Å². The van der Waals surface area contributed by atoms with E-state index in [2.05, 4.69) is 51.5 Å². The first-order valence-electron chi connectivity index (χ1n) is 4.89. The Bertz CT molecular complexity index is 183. The van der Waals surface area contributed by atoms with Gasteiger partial charge in [-0.25, -0.2) is 0 Å². The van der Waals surface area contributed by atoms with Crippen LogP contribution >= 0.6 is 0 Å². The van der Waals surface area contributed by atoms with E-state index in [1.807, 2.05) is 0 Å². The number of hydrogen-bond acceptors (Lipinski definition) is 2. The summed E-state index contributed by atoms with van der Waals surface area (Å²) in [5, 5.41) is 0. The topological polar surface area (TPSA) is 18.5 Å². The first-order valence-corrected chi connectivity index (χ1v) is 13.3. The van der Waals surface area contributed by atoms with Gasteiger partial charge in [-0.2, -0.15) is 0 Å². The SMILES string of the molecule is C[Si]C=C(O[Si](C)(C)C)O[Si](C)(C)C. The summed E-state index contributed by atoms with van der Waals surface area (Å²) in [6.45, 7) is 15.2. The third kappa shape index (κ3) is 8.58. The van der Waals surface area contributed by atoms with Crippen molar-refractivity contribution in [2.75, 3.05) is 0 Å². The molecule has 0 aliphatic rings. The normalized spacial score (nSPS) is 12.2.